The number of benzene rings is 1. The summed E-state index contributed by atoms with van der Waals surface area (Å²) < 4.78 is 5.27. The predicted molar refractivity (Wildman–Crippen MR) is 95.5 cm³/mol. The summed E-state index contributed by atoms with van der Waals surface area (Å²) in [6, 6.07) is 11.9. The number of para-hydroxylation sites is 1. The van der Waals surface area contributed by atoms with E-state index in [1.165, 1.54) is 0 Å². The van der Waals surface area contributed by atoms with E-state index in [0.717, 1.165) is 27.8 Å². The van der Waals surface area contributed by atoms with Crippen LogP contribution in [0.15, 0.2) is 51.2 Å². The molecule has 7 heteroatoms. The zero-order chi connectivity index (χ0) is 16.4. The fourth-order valence-electron chi connectivity index (χ4n) is 2.64. The number of carbonyl (C=O) groups is 1. The Morgan fingerprint density at radius 3 is 3.04 bits per heavy atom. The van der Waals surface area contributed by atoms with Gasteiger partial charge in [-0.05, 0) is 23.6 Å². The number of thioether (sulfide) groups is 1. The summed E-state index contributed by atoms with van der Waals surface area (Å²) in [5.41, 5.74) is 1.00. The number of carbonyl (C=O) groups excluding carboxylic acids is 1. The first-order chi connectivity index (χ1) is 11.8. The van der Waals surface area contributed by atoms with Gasteiger partial charge in [-0.1, -0.05) is 23.4 Å². The van der Waals surface area contributed by atoms with E-state index >= 15 is 0 Å². The molecular formula is C17H15N3O2S2. The Kier molecular flexibility index (Phi) is 4.36. The third-order valence-electron chi connectivity index (χ3n) is 3.79. The predicted octanol–water partition coefficient (Wildman–Crippen LogP) is 3.87. The summed E-state index contributed by atoms with van der Waals surface area (Å²) in [5.74, 6) is 2.11. The van der Waals surface area contributed by atoms with Crippen LogP contribution in [-0.2, 0) is 11.2 Å². The molecule has 0 atom stereocenters. The minimum atomic E-state index is 0.0959. The average Bonchev–Trinajstić information content (AvgIpc) is 3.30. The van der Waals surface area contributed by atoms with Crippen molar-refractivity contribution in [1.29, 1.82) is 0 Å². The van der Waals surface area contributed by atoms with Crippen molar-refractivity contribution < 1.29 is 9.32 Å². The number of nitrogens with zero attached hydrogens (tertiary/aromatic N) is 3. The van der Waals surface area contributed by atoms with E-state index in [4.69, 9.17) is 4.52 Å². The van der Waals surface area contributed by atoms with Crippen LogP contribution in [-0.4, -0.2) is 28.3 Å². The van der Waals surface area contributed by atoms with Gasteiger partial charge in [0.2, 0.25) is 17.6 Å². The molecule has 4 rings (SSSR count). The Morgan fingerprint density at radius 1 is 1.25 bits per heavy atom. The smallest absolute Gasteiger partial charge is 0.227 e. The number of aryl methyl sites for hydroxylation is 1. The van der Waals surface area contributed by atoms with Crippen molar-refractivity contribution in [3.8, 4) is 10.7 Å². The van der Waals surface area contributed by atoms with Gasteiger partial charge in [0, 0.05) is 30.0 Å². The Bertz CT molecular complexity index is 845. The largest absolute Gasteiger partial charge is 0.339 e. The molecule has 0 bridgehead atoms. The molecule has 1 aliphatic rings. The fourth-order valence-corrected chi connectivity index (χ4v) is 4.28. The Labute approximate surface area is 147 Å². The summed E-state index contributed by atoms with van der Waals surface area (Å²) in [6.45, 7) is 0.741. The molecule has 2 aromatic heterocycles. The van der Waals surface area contributed by atoms with Crippen LogP contribution in [0.25, 0.3) is 10.7 Å². The highest BCUT2D eigenvalue weighted by Crippen LogP contribution is 2.34. The maximum Gasteiger partial charge on any atom is 0.227 e. The van der Waals surface area contributed by atoms with E-state index in [-0.39, 0.29) is 5.91 Å². The molecule has 1 amide bonds. The van der Waals surface area contributed by atoms with Crippen LogP contribution in [0, 0.1) is 0 Å². The number of rotatable bonds is 4. The lowest BCUT2D eigenvalue weighted by Gasteiger charge is -2.28. The molecule has 0 radical (unpaired) electrons. The van der Waals surface area contributed by atoms with Crippen LogP contribution < -0.4 is 4.90 Å². The van der Waals surface area contributed by atoms with Gasteiger partial charge in [0.15, 0.2) is 0 Å². The first-order valence-electron chi connectivity index (χ1n) is 7.70. The molecule has 0 N–H and O–H groups in total. The van der Waals surface area contributed by atoms with Gasteiger partial charge < -0.3 is 9.42 Å². The van der Waals surface area contributed by atoms with Crippen LogP contribution >= 0.6 is 23.1 Å². The van der Waals surface area contributed by atoms with Gasteiger partial charge in [-0.2, -0.15) is 4.98 Å². The number of anilines is 1. The van der Waals surface area contributed by atoms with Crippen molar-refractivity contribution in [1.82, 2.24) is 10.1 Å². The van der Waals surface area contributed by atoms with Gasteiger partial charge in [0.1, 0.15) is 0 Å². The molecule has 122 valence electrons. The summed E-state index contributed by atoms with van der Waals surface area (Å²) in [5, 5.41) is 5.95. The van der Waals surface area contributed by atoms with Crippen molar-refractivity contribution in [2.75, 3.05) is 17.2 Å². The van der Waals surface area contributed by atoms with Gasteiger partial charge in [-0.15, -0.1) is 23.1 Å². The monoisotopic (exact) mass is 357 g/mol. The first-order valence-corrected chi connectivity index (χ1v) is 9.56. The molecule has 24 heavy (non-hydrogen) atoms. The van der Waals surface area contributed by atoms with Gasteiger partial charge >= 0.3 is 0 Å². The molecular weight excluding hydrogens is 342 g/mol. The molecule has 1 aromatic carbocycles. The van der Waals surface area contributed by atoms with Crippen molar-refractivity contribution in [2.45, 2.75) is 17.7 Å². The van der Waals surface area contributed by atoms with Crippen molar-refractivity contribution in [3.05, 3.63) is 47.7 Å². The van der Waals surface area contributed by atoms with Crippen molar-refractivity contribution in [3.63, 3.8) is 0 Å². The zero-order valence-corrected chi connectivity index (χ0v) is 14.5. The number of hydrogen-bond acceptors (Lipinski definition) is 6. The van der Waals surface area contributed by atoms with Crippen LogP contribution in [0.4, 0.5) is 5.69 Å². The highest BCUT2D eigenvalue weighted by Gasteiger charge is 2.23. The molecule has 3 aromatic rings. The molecule has 0 fully saturated rings. The molecule has 0 saturated heterocycles. The maximum atomic E-state index is 12.6. The Morgan fingerprint density at radius 2 is 2.17 bits per heavy atom. The third kappa shape index (κ3) is 3.09. The van der Waals surface area contributed by atoms with E-state index in [1.807, 2.05) is 40.6 Å². The normalized spacial score (nSPS) is 13.8. The molecule has 0 saturated carbocycles. The van der Waals surface area contributed by atoms with E-state index in [2.05, 4.69) is 16.2 Å². The SMILES string of the molecule is O=C(CCc1nc(-c2cccs2)no1)N1CCSc2ccccc21. The van der Waals surface area contributed by atoms with Crippen LogP contribution in [0.5, 0.6) is 0 Å². The van der Waals surface area contributed by atoms with Gasteiger partial charge in [0.25, 0.3) is 0 Å². The molecule has 0 spiro atoms. The highest BCUT2D eigenvalue weighted by atomic mass is 32.2. The lowest BCUT2D eigenvalue weighted by Crippen LogP contribution is -2.35. The quantitative estimate of drug-likeness (QED) is 0.709. The fraction of sp³-hybridized carbons (Fsp3) is 0.235. The third-order valence-corrected chi connectivity index (χ3v) is 5.70. The second kappa shape index (κ2) is 6.78. The molecule has 5 nitrogen and oxygen atoms in total. The number of thiophene rings is 1. The van der Waals surface area contributed by atoms with Gasteiger partial charge in [0.05, 0.1) is 10.6 Å². The second-order valence-electron chi connectivity index (χ2n) is 5.35. The van der Waals surface area contributed by atoms with E-state index in [1.54, 1.807) is 23.1 Å². The Hall–Kier alpha value is -2.12. The molecule has 1 aliphatic heterocycles. The topological polar surface area (TPSA) is 59.2 Å². The Balaban J connectivity index is 1.43. The average molecular weight is 357 g/mol. The van der Waals surface area contributed by atoms with Crippen molar-refractivity contribution in [2.24, 2.45) is 0 Å². The lowest BCUT2D eigenvalue weighted by atomic mass is 10.2. The lowest BCUT2D eigenvalue weighted by molar-refractivity contribution is -0.118. The van der Waals surface area contributed by atoms with Crippen LogP contribution in [0.2, 0.25) is 0 Å². The minimum absolute atomic E-state index is 0.0959. The second-order valence-corrected chi connectivity index (χ2v) is 7.44. The summed E-state index contributed by atoms with van der Waals surface area (Å²) in [7, 11) is 0. The highest BCUT2D eigenvalue weighted by molar-refractivity contribution is 7.99. The maximum absolute atomic E-state index is 12.6. The first kappa shape index (κ1) is 15.4. The number of hydrogen-bond donors (Lipinski definition) is 0. The van der Waals surface area contributed by atoms with E-state index in [0.29, 0.717) is 24.6 Å². The summed E-state index contributed by atoms with van der Waals surface area (Å²) >= 11 is 3.36. The van der Waals surface area contributed by atoms with Crippen molar-refractivity contribution >= 4 is 34.7 Å². The molecule has 0 aliphatic carbocycles. The van der Waals surface area contributed by atoms with Gasteiger partial charge in [-0.3, -0.25) is 4.79 Å². The van der Waals surface area contributed by atoms with E-state index < -0.39 is 0 Å². The van der Waals surface area contributed by atoms with Gasteiger partial charge in [-0.25, -0.2) is 0 Å². The zero-order valence-electron chi connectivity index (χ0n) is 12.8. The molecule has 0 unspecified atom stereocenters. The summed E-state index contributed by atoms with van der Waals surface area (Å²) in [6.07, 6.45) is 0.827. The number of fused-ring (bicyclic) bond motifs is 1. The minimum Gasteiger partial charge on any atom is -0.339 e. The summed E-state index contributed by atoms with van der Waals surface area (Å²) in [4.78, 5) is 21.0. The van der Waals surface area contributed by atoms with Crippen LogP contribution in [0.1, 0.15) is 12.3 Å². The number of aromatic nitrogens is 2. The van der Waals surface area contributed by atoms with E-state index in [9.17, 15) is 4.79 Å². The molecule has 3 heterocycles. The van der Waals surface area contributed by atoms with Crippen LogP contribution in [0.3, 0.4) is 0 Å². The number of amides is 1. The standard InChI is InChI=1S/C17H15N3O2S2/c21-16(20-9-11-24-13-5-2-1-4-12(13)20)8-7-15-18-17(19-22-15)14-6-3-10-23-14/h1-6,10H,7-9,11H2.